The van der Waals surface area contributed by atoms with Gasteiger partial charge in [-0.1, -0.05) is 127 Å². The molecule has 1 amide bonds. The molecule has 1 fully saturated rings. The highest BCUT2D eigenvalue weighted by Gasteiger charge is 2.62. The van der Waals surface area contributed by atoms with E-state index in [0.29, 0.717) is 19.0 Å². The van der Waals surface area contributed by atoms with Crippen molar-refractivity contribution in [3.05, 3.63) is 35.9 Å². The number of aliphatic hydroxyl groups excluding tert-OH is 1. The van der Waals surface area contributed by atoms with Crippen LogP contribution in [-0.2, 0) is 16.1 Å². The summed E-state index contributed by atoms with van der Waals surface area (Å²) in [5.41, 5.74) is -0.0412. The monoisotopic (exact) mass is 629 g/mol. The molecule has 202 valence electrons. The standard InChI is InChI=1S/C27H41Br2N3O4/c1-2-3-4-5-6-7-8-9-13-16-23-22(19-33)27(26(28,29)17-18-36-27)32-24(30-23)31-25(34)35-20-21-14-11-10-12-15-21/h10-12,14-15,22-23,33H,2-9,13,16-20H2,1H3,(H2,30,31,32,34)/t22-,23+,27+/m1/s1. The number of alkyl halides is 2. The maximum absolute atomic E-state index is 12.6. The van der Waals surface area contributed by atoms with E-state index >= 15 is 0 Å². The highest BCUT2D eigenvalue weighted by molar-refractivity contribution is 9.25. The number of alkyl carbamates (subject to hydrolysis) is 1. The first kappa shape index (κ1) is 29.4. The minimum atomic E-state index is -0.949. The van der Waals surface area contributed by atoms with E-state index in [9.17, 15) is 9.90 Å². The fourth-order valence-corrected chi connectivity index (χ4v) is 6.40. The number of amides is 1. The van der Waals surface area contributed by atoms with Crippen molar-refractivity contribution in [1.29, 1.82) is 0 Å². The third kappa shape index (κ3) is 7.92. The molecule has 1 aromatic rings. The molecule has 0 radical (unpaired) electrons. The maximum atomic E-state index is 12.6. The quantitative estimate of drug-likeness (QED) is 0.174. The molecule has 2 aliphatic rings. The number of hydrogen-bond acceptors (Lipinski definition) is 6. The predicted molar refractivity (Wildman–Crippen MR) is 150 cm³/mol. The molecule has 0 aromatic heterocycles. The lowest BCUT2D eigenvalue weighted by Crippen LogP contribution is -2.70. The van der Waals surface area contributed by atoms with E-state index in [1.165, 1.54) is 44.9 Å². The van der Waals surface area contributed by atoms with Gasteiger partial charge >= 0.3 is 6.09 Å². The molecule has 7 nitrogen and oxygen atoms in total. The van der Waals surface area contributed by atoms with Crippen LogP contribution in [0.5, 0.6) is 0 Å². The lowest BCUT2D eigenvalue weighted by Gasteiger charge is -2.48. The van der Waals surface area contributed by atoms with Gasteiger partial charge in [0.05, 0.1) is 25.2 Å². The van der Waals surface area contributed by atoms with E-state index in [0.717, 1.165) is 24.8 Å². The summed E-state index contributed by atoms with van der Waals surface area (Å²) in [6, 6.07) is 9.34. The van der Waals surface area contributed by atoms with Gasteiger partial charge in [-0.15, -0.1) is 0 Å². The summed E-state index contributed by atoms with van der Waals surface area (Å²) in [7, 11) is 0. The molecule has 3 N–H and O–H groups in total. The van der Waals surface area contributed by atoms with Crippen LogP contribution in [0.3, 0.4) is 0 Å². The number of nitrogens with zero attached hydrogens (tertiary/aromatic N) is 1. The van der Waals surface area contributed by atoms with Crippen LogP contribution in [0.25, 0.3) is 0 Å². The molecule has 0 aliphatic carbocycles. The van der Waals surface area contributed by atoms with Gasteiger partial charge in [-0.2, -0.15) is 0 Å². The summed E-state index contributed by atoms with van der Waals surface area (Å²) in [5.74, 6) is 0.0301. The Balaban J connectivity index is 1.60. The fraction of sp³-hybridized carbons (Fsp3) is 0.704. The molecule has 0 saturated carbocycles. The minimum absolute atomic E-state index is 0.0801. The van der Waals surface area contributed by atoms with Gasteiger partial charge in [-0.25, -0.2) is 9.79 Å². The minimum Gasteiger partial charge on any atom is -0.444 e. The molecule has 3 atom stereocenters. The Morgan fingerprint density at radius 1 is 1.14 bits per heavy atom. The van der Waals surface area contributed by atoms with E-state index in [1.54, 1.807) is 0 Å². The zero-order valence-electron chi connectivity index (χ0n) is 21.3. The zero-order chi connectivity index (χ0) is 25.9. The third-order valence-corrected chi connectivity index (χ3v) is 9.08. The van der Waals surface area contributed by atoms with Crippen molar-refractivity contribution < 1.29 is 19.4 Å². The van der Waals surface area contributed by atoms with Gasteiger partial charge in [0.2, 0.25) is 5.96 Å². The number of benzene rings is 1. The van der Waals surface area contributed by atoms with Gasteiger partial charge in [0, 0.05) is 6.42 Å². The summed E-state index contributed by atoms with van der Waals surface area (Å²) in [4.78, 5) is 17.4. The number of unbranched alkanes of at least 4 members (excludes halogenated alkanes) is 8. The SMILES string of the molecule is CCCCCCCCCCC[C@@H]1N=C(NC(=O)OCc2ccccc2)N[C@]2(OCCC2(Br)Br)[C@@H]1CO. The summed E-state index contributed by atoms with van der Waals surface area (Å²) in [5, 5.41) is 16.4. The molecule has 9 heteroatoms. The second kappa shape index (κ2) is 14.7. The van der Waals surface area contributed by atoms with Gasteiger partial charge in [0.1, 0.15) is 9.84 Å². The smallest absolute Gasteiger partial charge is 0.414 e. The first-order valence-corrected chi connectivity index (χ1v) is 15.0. The predicted octanol–water partition coefficient (Wildman–Crippen LogP) is 6.37. The lowest BCUT2D eigenvalue weighted by molar-refractivity contribution is -0.0867. The molecule has 2 aliphatic heterocycles. The molecule has 1 saturated heterocycles. The molecule has 2 heterocycles. The summed E-state index contributed by atoms with van der Waals surface area (Å²) in [6.45, 7) is 2.84. The van der Waals surface area contributed by atoms with Crippen LogP contribution in [0.1, 0.15) is 83.1 Å². The number of aliphatic hydroxyl groups is 1. The van der Waals surface area contributed by atoms with Gasteiger partial charge in [-0.05, 0) is 12.0 Å². The maximum Gasteiger partial charge on any atom is 0.414 e. The van der Waals surface area contributed by atoms with Gasteiger partial charge < -0.3 is 19.9 Å². The van der Waals surface area contributed by atoms with Gasteiger partial charge in [0.25, 0.3) is 0 Å². The topological polar surface area (TPSA) is 92.2 Å². The molecular weight excluding hydrogens is 590 g/mol. The number of carbonyl (C=O) groups excluding carboxylic acids is 1. The lowest BCUT2D eigenvalue weighted by atomic mass is 9.83. The number of halogens is 2. The summed E-state index contributed by atoms with van der Waals surface area (Å²) < 4.78 is 11.0. The van der Waals surface area contributed by atoms with E-state index in [1.807, 2.05) is 30.3 Å². The van der Waals surface area contributed by atoms with Crippen molar-refractivity contribution >= 4 is 43.9 Å². The van der Waals surface area contributed by atoms with E-state index in [2.05, 4.69) is 49.4 Å². The largest absolute Gasteiger partial charge is 0.444 e. The molecule has 0 unspecified atom stereocenters. The number of hydrogen-bond donors (Lipinski definition) is 3. The normalized spacial score (nSPS) is 24.8. The molecule has 3 rings (SSSR count). The van der Waals surface area contributed by atoms with Crippen molar-refractivity contribution in [1.82, 2.24) is 10.6 Å². The zero-order valence-corrected chi connectivity index (χ0v) is 24.5. The second-order valence-electron chi connectivity index (χ2n) is 9.80. The Labute approximate surface area is 232 Å². The molecular formula is C27H41Br2N3O4. The molecule has 0 bridgehead atoms. The fourth-order valence-electron chi connectivity index (χ4n) is 5.06. The van der Waals surface area contributed by atoms with Crippen molar-refractivity contribution in [2.24, 2.45) is 10.9 Å². The highest BCUT2D eigenvalue weighted by Crippen LogP contribution is 2.52. The average Bonchev–Trinajstić information content (AvgIpc) is 3.15. The van der Waals surface area contributed by atoms with Crippen molar-refractivity contribution in [3.63, 3.8) is 0 Å². The summed E-state index contributed by atoms with van der Waals surface area (Å²) in [6.07, 6.45) is 12.1. The average molecular weight is 631 g/mol. The van der Waals surface area contributed by atoms with Crippen LogP contribution < -0.4 is 10.6 Å². The number of carbonyl (C=O) groups is 1. The van der Waals surface area contributed by atoms with Crippen LogP contribution in [0, 0.1) is 5.92 Å². The first-order valence-electron chi connectivity index (χ1n) is 13.4. The van der Waals surface area contributed by atoms with Crippen LogP contribution in [0.4, 0.5) is 4.79 Å². The van der Waals surface area contributed by atoms with Crippen LogP contribution in [0.15, 0.2) is 35.3 Å². The Hall–Kier alpha value is -1.16. The van der Waals surface area contributed by atoms with Crippen LogP contribution in [0.2, 0.25) is 0 Å². The second-order valence-corrected chi connectivity index (χ2v) is 13.6. The molecule has 1 aromatic carbocycles. The van der Waals surface area contributed by atoms with Gasteiger partial charge in [0.15, 0.2) is 5.72 Å². The third-order valence-electron chi connectivity index (χ3n) is 7.11. The highest BCUT2D eigenvalue weighted by atomic mass is 79.9. The van der Waals surface area contributed by atoms with Crippen molar-refractivity contribution in [3.8, 4) is 0 Å². The van der Waals surface area contributed by atoms with E-state index in [4.69, 9.17) is 14.5 Å². The number of rotatable bonds is 13. The first-order chi connectivity index (χ1) is 17.4. The van der Waals surface area contributed by atoms with Crippen molar-refractivity contribution in [2.75, 3.05) is 13.2 Å². The van der Waals surface area contributed by atoms with Crippen molar-refractivity contribution in [2.45, 2.75) is 99.2 Å². The number of ether oxygens (including phenoxy) is 2. The van der Waals surface area contributed by atoms with Crippen LogP contribution >= 0.6 is 31.9 Å². The summed E-state index contributed by atoms with van der Waals surface area (Å²) >= 11 is 7.54. The Morgan fingerprint density at radius 2 is 1.81 bits per heavy atom. The molecule has 1 spiro atoms. The number of nitrogens with one attached hydrogen (secondary N) is 2. The van der Waals surface area contributed by atoms with E-state index < -0.39 is 15.1 Å². The Bertz CT molecular complexity index is 840. The number of guanidine groups is 1. The molecule has 36 heavy (non-hydrogen) atoms. The van der Waals surface area contributed by atoms with Gasteiger partial charge in [-0.3, -0.25) is 5.32 Å². The number of aliphatic imine (C=N–C) groups is 1. The van der Waals surface area contributed by atoms with E-state index in [-0.39, 0.29) is 25.2 Å². The Morgan fingerprint density at radius 3 is 2.42 bits per heavy atom. The van der Waals surface area contributed by atoms with Crippen LogP contribution in [-0.4, -0.2) is 45.4 Å². The Kier molecular flexibility index (Phi) is 12.0.